The van der Waals surface area contributed by atoms with Crippen molar-refractivity contribution < 1.29 is 22.7 Å². The number of piperidine rings is 1. The second-order valence-corrected chi connectivity index (χ2v) is 10.0. The topological polar surface area (TPSA) is 92.8 Å². The number of ether oxygens (including phenoxy) is 1. The Morgan fingerprint density at radius 2 is 1.44 bits per heavy atom. The molecule has 0 radical (unpaired) electrons. The van der Waals surface area contributed by atoms with E-state index in [9.17, 15) is 18.0 Å². The molecule has 1 N–H and O–H groups in total. The molecular formula is C26H26N2O5S. The van der Waals surface area contributed by atoms with Crippen LogP contribution in [0.25, 0.3) is 11.1 Å². The predicted molar refractivity (Wildman–Crippen MR) is 130 cm³/mol. The van der Waals surface area contributed by atoms with Crippen molar-refractivity contribution in [3.05, 3.63) is 84.4 Å². The number of anilines is 1. The molecule has 1 heterocycles. The van der Waals surface area contributed by atoms with Crippen LogP contribution >= 0.6 is 0 Å². The molecule has 1 aliphatic rings. The molecule has 0 aliphatic carbocycles. The van der Waals surface area contributed by atoms with Crippen molar-refractivity contribution in [3.63, 3.8) is 0 Å². The van der Waals surface area contributed by atoms with E-state index in [1.165, 1.54) is 23.5 Å². The van der Waals surface area contributed by atoms with Crippen molar-refractivity contribution in [1.29, 1.82) is 0 Å². The number of nitrogens with zero attached hydrogens (tertiary/aromatic N) is 1. The molecule has 176 valence electrons. The Hall–Kier alpha value is -3.49. The number of esters is 1. The lowest BCUT2D eigenvalue weighted by atomic mass is 9.97. The Kier molecular flexibility index (Phi) is 7.09. The molecule has 8 heteroatoms. The molecule has 7 nitrogen and oxygen atoms in total. The van der Waals surface area contributed by atoms with E-state index >= 15 is 0 Å². The normalized spacial score (nSPS) is 15.0. The molecule has 1 aliphatic heterocycles. The molecule has 1 saturated heterocycles. The quantitative estimate of drug-likeness (QED) is 0.537. The van der Waals surface area contributed by atoms with Crippen LogP contribution in [0.2, 0.25) is 0 Å². The van der Waals surface area contributed by atoms with E-state index in [1.807, 2.05) is 54.6 Å². The summed E-state index contributed by atoms with van der Waals surface area (Å²) in [5.74, 6) is -1.12. The van der Waals surface area contributed by atoms with Gasteiger partial charge in [0.25, 0.3) is 0 Å². The molecule has 1 amide bonds. The maximum Gasteiger partial charge on any atom is 0.339 e. The van der Waals surface area contributed by atoms with Gasteiger partial charge in [0, 0.05) is 24.7 Å². The van der Waals surface area contributed by atoms with Gasteiger partial charge in [-0.25, -0.2) is 13.2 Å². The summed E-state index contributed by atoms with van der Waals surface area (Å²) < 4.78 is 32.4. The number of carbonyl (C=O) groups is 2. The van der Waals surface area contributed by atoms with E-state index in [2.05, 4.69) is 5.32 Å². The largest absolute Gasteiger partial charge is 0.465 e. The molecule has 0 bridgehead atoms. The number of amides is 1. The number of rotatable bonds is 6. The van der Waals surface area contributed by atoms with Crippen molar-refractivity contribution in [2.75, 3.05) is 25.5 Å². The first-order chi connectivity index (χ1) is 16.4. The van der Waals surface area contributed by atoms with Crippen LogP contribution in [0, 0.1) is 5.92 Å². The third kappa shape index (κ3) is 5.03. The highest BCUT2D eigenvalue weighted by Crippen LogP contribution is 2.27. The Morgan fingerprint density at radius 3 is 2.09 bits per heavy atom. The van der Waals surface area contributed by atoms with E-state index in [-0.39, 0.29) is 35.4 Å². The van der Waals surface area contributed by atoms with E-state index in [4.69, 9.17) is 4.74 Å². The molecule has 4 rings (SSSR count). The van der Waals surface area contributed by atoms with Gasteiger partial charge in [-0.05, 0) is 48.2 Å². The highest BCUT2D eigenvalue weighted by Gasteiger charge is 2.34. The molecular weight excluding hydrogens is 452 g/mol. The fraction of sp³-hybridized carbons (Fsp3) is 0.231. The number of benzene rings is 3. The summed E-state index contributed by atoms with van der Waals surface area (Å²) in [6, 6.07) is 23.6. The number of hydrogen-bond donors (Lipinski definition) is 1. The standard InChI is InChI=1S/C26H26N2O5S/c1-33-26(30)23-9-5-6-10-24(23)34(31,32)28-17-15-21(16-18-28)25(29)27-22-13-11-20(12-14-22)19-7-3-2-4-8-19/h2-14,21H,15-18H2,1H3,(H,27,29). The molecule has 3 aromatic rings. The van der Waals surface area contributed by atoms with Crippen molar-refractivity contribution in [3.8, 4) is 11.1 Å². The first kappa shape index (κ1) is 23.7. The highest BCUT2D eigenvalue weighted by molar-refractivity contribution is 7.89. The Morgan fingerprint density at radius 1 is 0.853 bits per heavy atom. The van der Waals surface area contributed by atoms with Crippen LogP contribution in [0.1, 0.15) is 23.2 Å². The van der Waals surface area contributed by atoms with Crippen LogP contribution in [0.5, 0.6) is 0 Å². The van der Waals surface area contributed by atoms with Crippen molar-refractivity contribution >= 4 is 27.6 Å². The molecule has 0 unspecified atom stereocenters. The van der Waals surface area contributed by atoms with Gasteiger partial charge in [-0.3, -0.25) is 4.79 Å². The molecule has 1 fully saturated rings. The summed E-state index contributed by atoms with van der Waals surface area (Å²) in [4.78, 5) is 24.7. The van der Waals surface area contributed by atoms with Gasteiger partial charge < -0.3 is 10.1 Å². The average Bonchev–Trinajstić information content (AvgIpc) is 2.89. The molecule has 0 spiro atoms. The van der Waals surface area contributed by atoms with Gasteiger partial charge in [0.05, 0.1) is 17.6 Å². The van der Waals surface area contributed by atoms with Crippen LogP contribution in [0.15, 0.2) is 83.8 Å². The van der Waals surface area contributed by atoms with Gasteiger partial charge in [0.1, 0.15) is 0 Å². The first-order valence-corrected chi connectivity index (χ1v) is 12.5. The van der Waals surface area contributed by atoms with E-state index < -0.39 is 16.0 Å². The van der Waals surface area contributed by atoms with E-state index in [1.54, 1.807) is 12.1 Å². The third-order valence-corrected chi connectivity index (χ3v) is 7.95. The number of carbonyl (C=O) groups excluding carboxylic acids is 2. The lowest BCUT2D eigenvalue weighted by Crippen LogP contribution is -2.41. The van der Waals surface area contributed by atoms with Gasteiger partial charge in [-0.15, -0.1) is 0 Å². The number of nitrogens with one attached hydrogen (secondary N) is 1. The van der Waals surface area contributed by atoms with Gasteiger partial charge in [0.15, 0.2) is 0 Å². The molecule has 0 saturated carbocycles. The summed E-state index contributed by atoms with van der Waals surface area (Å²) in [5.41, 5.74) is 2.86. The van der Waals surface area contributed by atoms with Crippen molar-refractivity contribution in [2.24, 2.45) is 5.92 Å². The van der Waals surface area contributed by atoms with E-state index in [0.717, 1.165) is 11.1 Å². The summed E-state index contributed by atoms with van der Waals surface area (Å²) >= 11 is 0. The predicted octanol–water partition coefficient (Wildman–Crippen LogP) is 4.18. The van der Waals surface area contributed by atoms with Crippen LogP contribution in [0.4, 0.5) is 5.69 Å². The van der Waals surface area contributed by atoms with Crippen LogP contribution in [-0.2, 0) is 19.6 Å². The van der Waals surface area contributed by atoms with Crippen LogP contribution in [0.3, 0.4) is 0 Å². The third-order valence-electron chi connectivity index (χ3n) is 5.99. The lowest BCUT2D eigenvalue weighted by Gasteiger charge is -2.31. The second-order valence-electron chi connectivity index (χ2n) is 8.10. The Labute approximate surface area is 199 Å². The zero-order valence-electron chi connectivity index (χ0n) is 18.8. The minimum absolute atomic E-state index is 0.00353. The zero-order chi connectivity index (χ0) is 24.1. The highest BCUT2D eigenvalue weighted by atomic mass is 32.2. The minimum atomic E-state index is -3.89. The minimum Gasteiger partial charge on any atom is -0.465 e. The summed E-state index contributed by atoms with van der Waals surface area (Å²) in [5, 5.41) is 2.94. The Bertz CT molecular complexity index is 1270. The number of hydrogen-bond acceptors (Lipinski definition) is 5. The monoisotopic (exact) mass is 478 g/mol. The van der Waals surface area contributed by atoms with Gasteiger partial charge in [-0.1, -0.05) is 54.6 Å². The SMILES string of the molecule is COC(=O)c1ccccc1S(=O)(=O)N1CCC(C(=O)Nc2ccc(-c3ccccc3)cc2)CC1. The molecule has 34 heavy (non-hydrogen) atoms. The van der Waals surface area contributed by atoms with Gasteiger partial charge in [-0.2, -0.15) is 4.31 Å². The van der Waals surface area contributed by atoms with Gasteiger partial charge >= 0.3 is 5.97 Å². The zero-order valence-corrected chi connectivity index (χ0v) is 19.6. The second kappa shape index (κ2) is 10.2. The van der Waals surface area contributed by atoms with E-state index in [0.29, 0.717) is 18.5 Å². The van der Waals surface area contributed by atoms with Crippen LogP contribution < -0.4 is 5.32 Å². The van der Waals surface area contributed by atoms with Crippen molar-refractivity contribution in [2.45, 2.75) is 17.7 Å². The van der Waals surface area contributed by atoms with Gasteiger partial charge in [0.2, 0.25) is 15.9 Å². The maximum absolute atomic E-state index is 13.2. The number of sulfonamides is 1. The Balaban J connectivity index is 1.38. The fourth-order valence-corrected chi connectivity index (χ4v) is 5.74. The van der Waals surface area contributed by atoms with Crippen molar-refractivity contribution in [1.82, 2.24) is 4.31 Å². The average molecular weight is 479 g/mol. The smallest absolute Gasteiger partial charge is 0.339 e. The van der Waals surface area contributed by atoms with Crippen LogP contribution in [-0.4, -0.2) is 44.8 Å². The summed E-state index contributed by atoms with van der Waals surface area (Å²) in [6.07, 6.45) is 0.793. The first-order valence-electron chi connectivity index (χ1n) is 11.0. The fourth-order valence-electron chi connectivity index (χ4n) is 4.09. The molecule has 3 aromatic carbocycles. The summed E-state index contributed by atoms with van der Waals surface area (Å²) in [7, 11) is -2.67. The summed E-state index contributed by atoms with van der Waals surface area (Å²) in [6.45, 7) is 0.395. The maximum atomic E-state index is 13.2. The molecule has 0 atom stereocenters. The number of methoxy groups -OCH3 is 1. The lowest BCUT2D eigenvalue weighted by molar-refractivity contribution is -0.120. The molecule has 0 aromatic heterocycles.